The van der Waals surface area contributed by atoms with Crippen LogP contribution in [0.3, 0.4) is 0 Å². The number of rotatable bonds is 3. The predicted octanol–water partition coefficient (Wildman–Crippen LogP) is 0.658. The monoisotopic (exact) mass is 269 g/mol. The summed E-state index contributed by atoms with van der Waals surface area (Å²) in [6.07, 6.45) is 0.410. The van der Waals surface area contributed by atoms with Gasteiger partial charge in [0.1, 0.15) is 0 Å². The van der Waals surface area contributed by atoms with Gasteiger partial charge in [0.15, 0.2) is 9.84 Å². The van der Waals surface area contributed by atoms with E-state index in [0.717, 1.165) is 0 Å². The molecule has 1 saturated heterocycles. The SMILES string of the molecule is CC(O)(c1ccccc1)C1(CN)CCS(=O)(=O)C1. The van der Waals surface area contributed by atoms with E-state index in [4.69, 9.17) is 5.73 Å². The molecular weight excluding hydrogens is 250 g/mol. The zero-order valence-corrected chi connectivity index (χ0v) is 11.3. The molecule has 4 nitrogen and oxygen atoms in total. The third kappa shape index (κ3) is 2.06. The van der Waals surface area contributed by atoms with Gasteiger partial charge in [0.2, 0.25) is 0 Å². The Labute approximate surface area is 108 Å². The number of hydrogen-bond donors (Lipinski definition) is 2. The lowest BCUT2D eigenvalue weighted by molar-refractivity contribution is -0.0583. The Morgan fingerprint density at radius 3 is 2.44 bits per heavy atom. The van der Waals surface area contributed by atoms with Crippen LogP contribution < -0.4 is 5.73 Å². The highest BCUT2D eigenvalue weighted by Crippen LogP contribution is 2.46. The van der Waals surface area contributed by atoms with E-state index in [2.05, 4.69) is 0 Å². The van der Waals surface area contributed by atoms with Crippen molar-refractivity contribution in [3.63, 3.8) is 0 Å². The second kappa shape index (κ2) is 4.33. The zero-order valence-electron chi connectivity index (χ0n) is 10.5. The van der Waals surface area contributed by atoms with Crippen molar-refractivity contribution in [1.82, 2.24) is 0 Å². The minimum Gasteiger partial charge on any atom is -0.385 e. The molecule has 1 fully saturated rings. The number of sulfone groups is 1. The molecule has 0 radical (unpaired) electrons. The fourth-order valence-electron chi connectivity index (χ4n) is 2.73. The third-order valence-electron chi connectivity index (χ3n) is 4.15. The lowest BCUT2D eigenvalue weighted by Crippen LogP contribution is -2.49. The van der Waals surface area contributed by atoms with E-state index in [-0.39, 0.29) is 18.1 Å². The topological polar surface area (TPSA) is 80.4 Å². The van der Waals surface area contributed by atoms with Crippen molar-refractivity contribution < 1.29 is 13.5 Å². The number of hydrogen-bond acceptors (Lipinski definition) is 4. The third-order valence-corrected chi connectivity index (χ3v) is 5.97. The number of nitrogens with two attached hydrogens (primary N) is 1. The Bertz CT molecular complexity index is 524. The molecule has 0 aromatic heterocycles. The fourth-order valence-corrected chi connectivity index (χ4v) is 4.96. The van der Waals surface area contributed by atoms with Gasteiger partial charge in [0, 0.05) is 12.0 Å². The Balaban J connectivity index is 2.45. The first-order valence-corrected chi connectivity index (χ1v) is 7.84. The van der Waals surface area contributed by atoms with Crippen molar-refractivity contribution in [2.45, 2.75) is 18.9 Å². The van der Waals surface area contributed by atoms with Gasteiger partial charge in [-0.05, 0) is 18.9 Å². The minimum absolute atomic E-state index is 0.0433. The van der Waals surface area contributed by atoms with E-state index in [1.54, 1.807) is 6.92 Å². The molecule has 1 aromatic carbocycles. The second-order valence-corrected chi connectivity index (χ2v) is 7.45. The van der Waals surface area contributed by atoms with Crippen LogP contribution in [0.2, 0.25) is 0 Å². The Morgan fingerprint density at radius 2 is 2.00 bits per heavy atom. The smallest absolute Gasteiger partial charge is 0.151 e. The highest BCUT2D eigenvalue weighted by atomic mass is 32.2. The average molecular weight is 269 g/mol. The molecule has 0 aliphatic carbocycles. The molecule has 2 atom stereocenters. The Kier molecular flexibility index (Phi) is 3.25. The maximum atomic E-state index is 11.7. The van der Waals surface area contributed by atoms with Gasteiger partial charge in [0.25, 0.3) is 0 Å². The maximum Gasteiger partial charge on any atom is 0.151 e. The van der Waals surface area contributed by atoms with Gasteiger partial charge in [-0.15, -0.1) is 0 Å². The van der Waals surface area contributed by atoms with Crippen LogP contribution in [-0.2, 0) is 15.4 Å². The van der Waals surface area contributed by atoms with Crippen molar-refractivity contribution in [3.8, 4) is 0 Å². The quantitative estimate of drug-likeness (QED) is 0.844. The summed E-state index contributed by atoms with van der Waals surface area (Å²) in [5.41, 5.74) is 4.49. The predicted molar refractivity (Wildman–Crippen MR) is 70.8 cm³/mol. The van der Waals surface area contributed by atoms with E-state index >= 15 is 0 Å². The molecule has 1 aliphatic heterocycles. The average Bonchev–Trinajstić information content (AvgIpc) is 2.68. The van der Waals surface area contributed by atoms with Crippen LogP contribution in [0.1, 0.15) is 18.9 Å². The van der Waals surface area contributed by atoms with Gasteiger partial charge in [-0.3, -0.25) is 0 Å². The number of benzene rings is 1. The Hall–Kier alpha value is -0.910. The molecule has 5 heteroatoms. The molecule has 1 aliphatic rings. The summed E-state index contributed by atoms with van der Waals surface area (Å²) < 4.78 is 23.4. The summed E-state index contributed by atoms with van der Waals surface area (Å²) in [5.74, 6) is 0.0611. The lowest BCUT2D eigenvalue weighted by Gasteiger charge is -2.41. The van der Waals surface area contributed by atoms with Gasteiger partial charge < -0.3 is 10.8 Å². The van der Waals surface area contributed by atoms with E-state index in [0.29, 0.717) is 12.0 Å². The van der Waals surface area contributed by atoms with Gasteiger partial charge in [-0.2, -0.15) is 0 Å². The molecular formula is C13H19NO3S. The van der Waals surface area contributed by atoms with Crippen LogP contribution in [0.4, 0.5) is 0 Å². The fraction of sp³-hybridized carbons (Fsp3) is 0.538. The summed E-state index contributed by atoms with van der Waals surface area (Å²) in [6, 6.07) is 9.14. The summed E-state index contributed by atoms with van der Waals surface area (Å²) in [4.78, 5) is 0. The summed E-state index contributed by atoms with van der Waals surface area (Å²) in [7, 11) is -3.10. The molecule has 18 heavy (non-hydrogen) atoms. The van der Waals surface area contributed by atoms with Crippen LogP contribution in [0.5, 0.6) is 0 Å². The van der Waals surface area contributed by atoms with Crippen LogP contribution >= 0.6 is 0 Å². The van der Waals surface area contributed by atoms with E-state index in [9.17, 15) is 13.5 Å². The Morgan fingerprint density at radius 1 is 1.39 bits per heavy atom. The van der Waals surface area contributed by atoms with Crippen LogP contribution in [0, 0.1) is 5.41 Å². The van der Waals surface area contributed by atoms with Gasteiger partial charge >= 0.3 is 0 Å². The maximum absolute atomic E-state index is 11.7. The van der Waals surface area contributed by atoms with E-state index < -0.39 is 20.9 Å². The zero-order chi connectivity index (χ0) is 13.4. The first-order chi connectivity index (χ1) is 8.33. The van der Waals surface area contributed by atoms with Gasteiger partial charge in [-0.25, -0.2) is 8.42 Å². The van der Waals surface area contributed by atoms with Crippen LogP contribution in [0.25, 0.3) is 0 Å². The second-order valence-electron chi connectivity index (χ2n) is 5.26. The molecule has 0 saturated carbocycles. The highest BCUT2D eigenvalue weighted by molar-refractivity contribution is 7.91. The molecule has 3 N–H and O–H groups in total. The van der Waals surface area contributed by atoms with Crippen molar-refractivity contribution >= 4 is 9.84 Å². The molecule has 0 bridgehead atoms. The van der Waals surface area contributed by atoms with Gasteiger partial charge in [-0.1, -0.05) is 30.3 Å². The van der Waals surface area contributed by atoms with Gasteiger partial charge in [0.05, 0.1) is 17.1 Å². The first-order valence-electron chi connectivity index (χ1n) is 6.01. The molecule has 1 aromatic rings. The highest BCUT2D eigenvalue weighted by Gasteiger charge is 2.53. The molecule has 2 rings (SSSR count). The summed E-state index contributed by atoms with van der Waals surface area (Å²) >= 11 is 0. The molecule has 0 spiro atoms. The van der Waals surface area contributed by atoms with Crippen molar-refractivity contribution in [1.29, 1.82) is 0 Å². The minimum atomic E-state index is -3.10. The largest absolute Gasteiger partial charge is 0.385 e. The van der Waals surface area contributed by atoms with E-state index in [1.807, 2.05) is 30.3 Å². The molecule has 0 amide bonds. The van der Waals surface area contributed by atoms with Crippen molar-refractivity contribution in [2.24, 2.45) is 11.1 Å². The van der Waals surface area contributed by atoms with E-state index in [1.165, 1.54) is 0 Å². The summed E-state index contributed by atoms with van der Waals surface area (Å²) in [6.45, 7) is 1.82. The number of aliphatic hydroxyl groups is 1. The standard InChI is InChI=1S/C13H19NO3S/c1-12(15,11-5-3-2-4-6-11)13(9-14)7-8-18(16,17)10-13/h2-6,15H,7-10,14H2,1H3. The molecule has 100 valence electrons. The van der Waals surface area contributed by atoms with Crippen molar-refractivity contribution in [3.05, 3.63) is 35.9 Å². The van der Waals surface area contributed by atoms with Crippen LogP contribution in [-0.4, -0.2) is 31.6 Å². The molecule has 2 unspecified atom stereocenters. The lowest BCUT2D eigenvalue weighted by atomic mass is 9.69. The molecule has 1 heterocycles. The van der Waals surface area contributed by atoms with Crippen LogP contribution in [0.15, 0.2) is 30.3 Å². The van der Waals surface area contributed by atoms with Crippen molar-refractivity contribution in [2.75, 3.05) is 18.1 Å². The normalized spacial score (nSPS) is 29.9. The summed E-state index contributed by atoms with van der Waals surface area (Å²) in [5, 5.41) is 10.8. The first kappa shape index (κ1) is 13.5.